The first-order valence-electron chi connectivity index (χ1n) is 10.6. The molecule has 5 heterocycles. The largest absolute Gasteiger partial charge is 0.355 e. The normalized spacial score (nSPS) is 23.7. The zero-order valence-corrected chi connectivity index (χ0v) is 20.2. The Balaban J connectivity index is 1.15. The molecule has 2 aliphatic rings. The number of rotatable bonds is 6. The maximum absolute atomic E-state index is 6.58. The van der Waals surface area contributed by atoms with E-state index in [0.29, 0.717) is 29.2 Å². The Labute approximate surface area is 204 Å². The zero-order chi connectivity index (χ0) is 22.6. The summed E-state index contributed by atoms with van der Waals surface area (Å²) >= 11 is 9.78. The number of nitrogens with zero attached hydrogens (tertiary/aromatic N) is 7. The predicted molar refractivity (Wildman–Crippen MR) is 129 cm³/mol. The molecule has 1 saturated carbocycles. The number of piperidine rings is 1. The third kappa shape index (κ3) is 3.43. The fourth-order valence-electron chi connectivity index (χ4n) is 4.88. The van der Waals surface area contributed by atoms with Crippen molar-refractivity contribution < 1.29 is 0 Å². The number of hydrogen-bond donors (Lipinski definition) is 1. The SMILES string of the molecule is Cc1csc(C2(CN)C3CN(c4cnc(Sc5ccnc(-n6cccn6)c5Cl)cn4)CC32)n1. The number of pyridine rings is 1. The van der Waals surface area contributed by atoms with E-state index in [9.17, 15) is 0 Å². The number of thiazole rings is 1. The molecule has 0 radical (unpaired) electrons. The van der Waals surface area contributed by atoms with Gasteiger partial charge in [-0.05, 0) is 30.9 Å². The van der Waals surface area contributed by atoms with E-state index in [1.54, 1.807) is 34.6 Å². The second kappa shape index (κ2) is 8.05. The summed E-state index contributed by atoms with van der Waals surface area (Å²) in [7, 11) is 0. The van der Waals surface area contributed by atoms with Crippen LogP contribution in [0.5, 0.6) is 0 Å². The first kappa shape index (κ1) is 21.0. The van der Waals surface area contributed by atoms with Crippen LogP contribution in [0.3, 0.4) is 0 Å². The second-order valence-electron chi connectivity index (χ2n) is 8.37. The number of hydrogen-bond acceptors (Lipinski definition) is 9. The third-order valence-corrected chi connectivity index (χ3v) is 9.22. The lowest BCUT2D eigenvalue weighted by atomic mass is 10.0. The fourth-order valence-corrected chi connectivity index (χ4v) is 7.08. The van der Waals surface area contributed by atoms with E-state index in [4.69, 9.17) is 22.3 Å². The molecule has 2 unspecified atom stereocenters. The molecule has 0 amide bonds. The summed E-state index contributed by atoms with van der Waals surface area (Å²) in [6.07, 6.45) is 8.87. The van der Waals surface area contributed by atoms with Crippen LogP contribution in [0.1, 0.15) is 10.7 Å². The number of fused-ring (bicyclic) bond motifs is 1. The number of anilines is 1. The number of aryl methyl sites for hydroxylation is 1. The Morgan fingerprint density at radius 3 is 2.70 bits per heavy atom. The van der Waals surface area contributed by atoms with Crippen LogP contribution in [-0.4, -0.2) is 49.4 Å². The summed E-state index contributed by atoms with van der Waals surface area (Å²) in [6.45, 7) is 4.56. The zero-order valence-electron chi connectivity index (χ0n) is 17.8. The van der Waals surface area contributed by atoms with E-state index in [-0.39, 0.29) is 5.41 Å². The summed E-state index contributed by atoms with van der Waals surface area (Å²) in [5.41, 5.74) is 7.35. The van der Waals surface area contributed by atoms with Crippen molar-refractivity contribution in [3.05, 3.63) is 64.2 Å². The van der Waals surface area contributed by atoms with Gasteiger partial charge in [-0.15, -0.1) is 11.3 Å². The topological polar surface area (TPSA) is 98.6 Å². The average molecular weight is 497 g/mol. The van der Waals surface area contributed by atoms with Gasteiger partial charge in [0.25, 0.3) is 0 Å². The molecule has 1 aliphatic carbocycles. The lowest BCUT2D eigenvalue weighted by molar-refractivity contribution is 0.548. The van der Waals surface area contributed by atoms with Crippen molar-refractivity contribution in [1.82, 2.24) is 29.7 Å². The Kier molecular flexibility index (Phi) is 5.13. The van der Waals surface area contributed by atoms with Gasteiger partial charge in [-0.3, -0.25) is 0 Å². The summed E-state index contributed by atoms with van der Waals surface area (Å²) in [5, 5.41) is 8.83. The molecule has 2 atom stereocenters. The molecule has 168 valence electrons. The van der Waals surface area contributed by atoms with E-state index in [2.05, 4.69) is 30.3 Å². The lowest BCUT2D eigenvalue weighted by Crippen LogP contribution is -2.35. The maximum Gasteiger partial charge on any atom is 0.173 e. The average Bonchev–Trinajstić information content (AvgIpc) is 3.39. The molecule has 0 bridgehead atoms. The Hall–Kier alpha value is -2.53. The Bertz CT molecular complexity index is 1280. The molecule has 2 N–H and O–H groups in total. The highest BCUT2D eigenvalue weighted by Gasteiger charge is 2.69. The molecule has 1 aliphatic heterocycles. The molecular formula is C22H21ClN8S2. The van der Waals surface area contributed by atoms with Crippen LogP contribution in [0.4, 0.5) is 5.82 Å². The summed E-state index contributed by atoms with van der Waals surface area (Å²) in [5.74, 6) is 2.54. The minimum Gasteiger partial charge on any atom is -0.355 e. The standard InChI is InChI=1S/C22H21ClN8S2/c1-13-11-32-21(29-13)22(12-24)14-9-30(10-15(14)22)17-7-27-18(8-26-17)33-16-3-5-25-20(19(16)23)31-6-2-4-28-31/h2-8,11,14-15H,9-10,12,24H2,1H3. The van der Waals surface area contributed by atoms with Gasteiger partial charge in [0.05, 0.1) is 17.4 Å². The third-order valence-electron chi connectivity index (χ3n) is 6.60. The van der Waals surface area contributed by atoms with Gasteiger partial charge >= 0.3 is 0 Å². The van der Waals surface area contributed by atoms with Crippen molar-refractivity contribution in [2.45, 2.75) is 22.3 Å². The molecule has 2 fully saturated rings. The van der Waals surface area contributed by atoms with Gasteiger partial charge in [-0.2, -0.15) is 5.10 Å². The monoisotopic (exact) mass is 496 g/mol. The van der Waals surface area contributed by atoms with Crippen LogP contribution in [0.2, 0.25) is 5.02 Å². The molecule has 11 heteroatoms. The van der Waals surface area contributed by atoms with Gasteiger partial charge in [0, 0.05) is 59.6 Å². The molecule has 4 aromatic heterocycles. The minimum atomic E-state index is 0.0447. The molecule has 1 saturated heterocycles. The van der Waals surface area contributed by atoms with Gasteiger partial charge < -0.3 is 10.6 Å². The van der Waals surface area contributed by atoms with Crippen molar-refractivity contribution in [2.75, 3.05) is 24.5 Å². The summed E-state index contributed by atoms with van der Waals surface area (Å²) in [4.78, 5) is 21.6. The molecule has 8 nitrogen and oxygen atoms in total. The first-order chi connectivity index (χ1) is 16.1. The maximum atomic E-state index is 6.58. The van der Waals surface area contributed by atoms with E-state index in [0.717, 1.165) is 34.5 Å². The second-order valence-corrected chi connectivity index (χ2v) is 10.7. The first-order valence-corrected chi connectivity index (χ1v) is 12.7. The summed E-state index contributed by atoms with van der Waals surface area (Å²) < 4.78 is 1.65. The van der Waals surface area contributed by atoms with Gasteiger partial charge in [0.15, 0.2) is 5.82 Å². The highest BCUT2D eigenvalue weighted by molar-refractivity contribution is 7.99. The van der Waals surface area contributed by atoms with Gasteiger partial charge in [-0.25, -0.2) is 24.6 Å². The van der Waals surface area contributed by atoms with Crippen LogP contribution in [0.25, 0.3) is 5.82 Å². The van der Waals surface area contributed by atoms with Gasteiger partial charge in [-0.1, -0.05) is 23.4 Å². The van der Waals surface area contributed by atoms with Crippen LogP contribution in [0, 0.1) is 18.8 Å². The van der Waals surface area contributed by atoms with Crippen molar-refractivity contribution in [2.24, 2.45) is 17.6 Å². The van der Waals surface area contributed by atoms with E-state index < -0.39 is 0 Å². The number of aromatic nitrogens is 6. The van der Waals surface area contributed by atoms with Crippen molar-refractivity contribution >= 4 is 40.5 Å². The quantitative estimate of drug-likeness (QED) is 0.432. The highest BCUT2D eigenvalue weighted by atomic mass is 35.5. The van der Waals surface area contributed by atoms with Crippen LogP contribution in [-0.2, 0) is 5.41 Å². The molecule has 6 rings (SSSR count). The van der Waals surface area contributed by atoms with Gasteiger partial charge in [0.2, 0.25) is 0 Å². The molecule has 0 aromatic carbocycles. The van der Waals surface area contributed by atoms with Crippen molar-refractivity contribution in [1.29, 1.82) is 0 Å². The van der Waals surface area contributed by atoms with Crippen LogP contribution >= 0.6 is 34.7 Å². The van der Waals surface area contributed by atoms with E-state index in [1.807, 2.05) is 31.5 Å². The minimum absolute atomic E-state index is 0.0447. The van der Waals surface area contributed by atoms with E-state index >= 15 is 0 Å². The highest BCUT2D eigenvalue weighted by Crippen LogP contribution is 2.63. The van der Waals surface area contributed by atoms with Crippen molar-refractivity contribution in [3.8, 4) is 5.82 Å². The predicted octanol–water partition coefficient (Wildman–Crippen LogP) is 3.59. The lowest BCUT2D eigenvalue weighted by Gasteiger charge is -2.25. The van der Waals surface area contributed by atoms with Crippen molar-refractivity contribution in [3.63, 3.8) is 0 Å². The van der Waals surface area contributed by atoms with Crippen LogP contribution in [0.15, 0.2) is 58.4 Å². The van der Waals surface area contributed by atoms with Gasteiger partial charge in [0.1, 0.15) is 15.9 Å². The molecular weight excluding hydrogens is 476 g/mol. The number of halogens is 1. The van der Waals surface area contributed by atoms with Crippen LogP contribution < -0.4 is 10.6 Å². The Morgan fingerprint density at radius 1 is 1.21 bits per heavy atom. The summed E-state index contributed by atoms with van der Waals surface area (Å²) in [6, 6.07) is 3.70. The smallest absolute Gasteiger partial charge is 0.173 e. The fraction of sp³-hybridized carbons (Fsp3) is 0.318. The molecule has 0 spiro atoms. The number of nitrogens with two attached hydrogens (primary N) is 1. The molecule has 4 aromatic rings. The molecule has 33 heavy (non-hydrogen) atoms. The van der Waals surface area contributed by atoms with E-state index in [1.165, 1.54) is 16.8 Å². The Morgan fingerprint density at radius 2 is 2.06 bits per heavy atom.